The van der Waals surface area contributed by atoms with E-state index in [1.807, 2.05) is 25.7 Å². The van der Waals surface area contributed by atoms with Crippen LogP contribution in [0.2, 0.25) is 0 Å². The third kappa shape index (κ3) is 2.15. The van der Waals surface area contributed by atoms with E-state index in [1.54, 1.807) is 0 Å². The summed E-state index contributed by atoms with van der Waals surface area (Å²) in [6.45, 7) is 6.31. The second-order valence-corrected chi connectivity index (χ2v) is 4.04. The van der Waals surface area contributed by atoms with Crippen molar-refractivity contribution in [3.63, 3.8) is 0 Å². The fraction of sp³-hybridized carbons (Fsp3) is 0.727. The summed E-state index contributed by atoms with van der Waals surface area (Å²) >= 11 is 0. The highest BCUT2D eigenvalue weighted by atomic mass is 16.3. The number of aryl methyl sites for hydroxylation is 2. The molecule has 0 aliphatic carbocycles. The minimum Gasteiger partial charge on any atom is -0.391 e. The van der Waals surface area contributed by atoms with Gasteiger partial charge in [0, 0.05) is 25.7 Å². The molecule has 1 aromatic heterocycles. The molecule has 1 aromatic rings. The number of hydrogen-bond donors (Lipinski definition) is 1. The Morgan fingerprint density at radius 1 is 1.53 bits per heavy atom. The summed E-state index contributed by atoms with van der Waals surface area (Å²) < 4.78 is 1.84. The summed E-state index contributed by atoms with van der Waals surface area (Å²) in [4.78, 5) is 2.17. The van der Waals surface area contributed by atoms with Crippen LogP contribution in [-0.2, 0) is 13.7 Å². The summed E-state index contributed by atoms with van der Waals surface area (Å²) in [6.07, 6.45) is 1.07. The Bertz CT molecular complexity index is 333. The topological polar surface area (TPSA) is 41.3 Å². The van der Waals surface area contributed by atoms with E-state index in [0.29, 0.717) is 6.04 Å². The molecule has 4 nitrogen and oxygen atoms in total. The fourth-order valence-corrected chi connectivity index (χ4v) is 1.80. The summed E-state index contributed by atoms with van der Waals surface area (Å²) in [5.74, 6) is 1.02. The zero-order valence-corrected chi connectivity index (χ0v) is 10.3. The van der Waals surface area contributed by atoms with Crippen molar-refractivity contribution >= 4 is 5.82 Å². The minimum atomic E-state index is 0.0514. The van der Waals surface area contributed by atoms with Crippen molar-refractivity contribution in [3.05, 3.63) is 11.3 Å². The molecule has 0 radical (unpaired) electrons. The smallest absolute Gasteiger partial charge is 0.132 e. The zero-order valence-electron chi connectivity index (χ0n) is 10.3. The first kappa shape index (κ1) is 12.0. The lowest BCUT2D eigenvalue weighted by molar-refractivity contribution is 0.281. The van der Waals surface area contributed by atoms with Crippen LogP contribution < -0.4 is 4.90 Å². The van der Waals surface area contributed by atoms with Crippen LogP contribution >= 0.6 is 0 Å². The van der Waals surface area contributed by atoms with Crippen molar-refractivity contribution < 1.29 is 5.11 Å². The van der Waals surface area contributed by atoms with E-state index in [0.717, 1.165) is 23.5 Å². The van der Waals surface area contributed by atoms with Crippen LogP contribution in [-0.4, -0.2) is 28.0 Å². The number of anilines is 1. The first-order valence-electron chi connectivity index (χ1n) is 5.39. The van der Waals surface area contributed by atoms with Gasteiger partial charge in [0.05, 0.1) is 12.3 Å². The molecule has 1 atom stereocenters. The minimum absolute atomic E-state index is 0.0514. The van der Waals surface area contributed by atoms with E-state index in [9.17, 15) is 5.11 Å². The van der Waals surface area contributed by atoms with Gasteiger partial charge in [0.1, 0.15) is 5.82 Å². The molecule has 0 fully saturated rings. The highest BCUT2D eigenvalue weighted by Gasteiger charge is 2.18. The number of hydrogen-bond acceptors (Lipinski definition) is 3. The second-order valence-electron chi connectivity index (χ2n) is 4.04. The average molecular weight is 211 g/mol. The third-order valence-electron chi connectivity index (χ3n) is 3.06. The lowest BCUT2D eigenvalue weighted by Crippen LogP contribution is -2.30. The quantitative estimate of drug-likeness (QED) is 0.819. The standard InChI is InChI=1S/C11H21N3O/c1-6-8(2)13(4)11-10(7-15)9(3)12-14(11)5/h8,15H,6-7H2,1-5H3. The van der Waals surface area contributed by atoms with E-state index in [2.05, 4.69) is 23.8 Å². The maximum atomic E-state index is 9.34. The van der Waals surface area contributed by atoms with Gasteiger partial charge in [-0.25, -0.2) is 0 Å². The van der Waals surface area contributed by atoms with Crippen LogP contribution in [0.4, 0.5) is 5.82 Å². The molecule has 0 bridgehead atoms. The molecule has 15 heavy (non-hydrogen) atoms. The maximum absolute atomic E-state index is 9.34. The molecule has 0 saturated heterocycles. The van der Waals surface area contributed by atoms with Crippen molar-refractivity contribution in [2.45, 2.75) is 39.8 Å². The summed E-state index contributed by atoms with van der Waals surface area (Å²) in [5, 5.41) is 13.7. The van der Waals surface area contributed by atoms with Gasteiger partial charge in [-0.2, -0.15) is 5.10 Å². The molecular formula is C11H21N3O. The molecule has 0 saturated carbocycles. The van der Waals surface area contributed by atoms with Crippen molar-refractivity contribution in [2.24, 2.45) is 7.05 Å². The van der Waals surface area contributed by atoms with Crippen LogP contribution in [0.15, 0.2) is 0 Å². The largest absolute Gasteiger partial charge is 0.391 e. The lowest BCUT2D eigenvalue weighted by Gasteiger charge is -2.26. The van der Waals surface area contributed by atoms with Crippen molar-refractivity contribution in [2.75, 3.05) is 11.9 Å². The normalized spacial score (nSPS) is 12.9. The predicted molar refractivity (Wildman–Crippen MR) is 62.0 cm³/mol. The predicted octanol–water partition coefficient (Wildman–Crippen LogP) is 1.46. The summed E-state index contributed by atoms with van der Waals surface area (Å²) in [6, 6.07) is 0.449. The molecular weight excluding hydrogens is 190 g/mol. The van der Waals surface area contributed by atoms with Gasteiger partial charge in [-0.15, -0.1) is 0 Å². The molecule has 0 amide bonds. The Kier molecular flexibility index (Phi) is 3.74. The maximum Gasteiger partial charge on any atom is 0.132 e. The summed E-state index contributed by atoms with van der Waals surface area (Å²) in [5.41, 5.74) is 1.84. The Labute approximate surface area is 91.5 Å². The SMILES string of the molecule is CCC(C)N(C)c1c(CO)c(C)nn1C. The molecule has 0 aliphatic rings. The van der Waals surface area contributed by atoms with Crippen LogP contribution in [0, 0.1) is 6.92 Å². The molecule has 0 aromatic carbocycles. The van der Waals surface area contributed by atoms with E-state index >= 15 is 0 Å². The molecule has 0 aliphatic heterocycles. The molecule has 1 rings (SSSR count). The van der Waals surface area contributed by atoms with Crippen molar-refractivity contribution in [1.82, 2.24) is 9.78 Å². The molecule has 0 spiro atoms. The van der Waals surface area contributed by atoms with Crippen LogP contribution in [0.3, 0.4) is 0 Å². The van der Waals surface area contributed by atoms with Gasteiger partial charge < -0.3 is 10.0 Å². The number of nitrogens with zero attached hydrogens (tertiary/aromatic N) is 3. The highest BCUT2D eigenvalue weighted by Crippen LogP contribution is 2.24. The monoisotopic (exact) mass is 211 g/mol. The third-order valence-corrected chi connectivity index (χ3v) is 3.06. The van der Waals surface area contributed by atoms with Crippen molar-refractivity contribution in [1.29, 1.82) is 0 Å². The van der Waals surface area contributed by atoms with Gasteiger partial charge in [-0.3, -0.25) is 4.68 Å². The number of aromatic nitrogens is 2. The zero-order chi connectivity index (χ0) is 11.6. The van der Waals surface area contributed by atoms with Crippen LogP contribution in [0.5, 0.6) is 0 Å². The Morgan fingerprint density at radius 3 is 2.60 bits per heavy atom. The number of aliphatic hydroxyl groups excluding tert-OH is 1. The van der Waals surface area contributed by atoms with Gasteiger partial charge in [-0.05, 0) is 20.3 Å². The second kappa shape index (κ2) is 4.66. The molecule has 1 heterocycles. The fourth-order valence-electron chi connectivity index (χ4n) is 1.80. The average Bonchev–Trinajstić information content (AvgIpc) is 2.50. The molecule has 86 valence electrons. The van der Waals surface area contributed by atoms with Gasteiger partial charge >= 0.3 is 0 Å². The first-order valence-corrected chi connectivity index (χ1v) is 5.39. The highest BCUT2D eigenvalue weighted by molar-refractivity contribution is 5.49. The molecule has 4 heteroatoms. The molecule has 1 N–H and O–H groups in total. The summed E-state index contributed by atoms with van der Waals surface area (Å²) in [7, 11) is 3.96. The number of rotatable bonds is 4. The van der Waals surface area contributed by atoms with Crippen LogP contribution in [0.1, 0.15) is 31.5 Å². The van der Waals surface area contributed by atoms with E-state index in [1.165, 1.54) is 0 Å². The Morgan fingerprint density at radius 2 is 2.13 bits per heavy atom. The van der Waals surface area contributed by atoms with Crippen LogP contribution in [0.25, 0.3) is 0 Å². The van der Waals surface area contributed by atoms with Gasteiger partial charge in [0.15, 0.2) is 0 Å². The van der Waals surface area contributed by atoms with Gasteiger partial charge in [0.2, 0.25) is 0 Å². The van der Waals surface area contributed by atoms with E-state index in [-0.39, 0.29) is 6.61 Å². The van der Waals surface area contributed by atoms with Gasteiger partial charge in [-0.1, -0.05) is 6.92 Å². The van der Waals surface area contributed by atoms with Gasteiger partial charge in [0.25, 0.3) is 0 Å². The van der Waals surface area contributed by atoms with E-state index < -0.39 is 0 Å². The van der Waals surface area contributed by atoms with Crippen molar-refractivity contribution in [3.8, 4) is 0 Å². The molecule has 1 unspecified atom stereocenters. The lowest BCUT2D eigenvalue weighted by atomic mass is 10.2. The number of aliphatic hydroxyl groups is 1. The Balaban J connectivity index is 3.11. The first-order chi connectivity index (χ1) is 7.02. The van der Waals surface area contributed by atoms with E-state index in [4.69, 9.17) is 0 Å². The Hall–Kier alpha value is -1.03.